The maximum Gasteiger partial charge on any atom is 0.353 e. The van der Waals surface area contributed by atoms with Crippen LogP contribution in [0.3, 0.4) is 0 Å². The quantitative estimate of drug-likeness (QED) is 0.401. The molecule has 8 nitrogen and oxygen atoms in total. The van der Waals surface area contributed by atoms with Gasteiger partial charge in [-0.15, -0.1) is 0 Å². The van der Waals surface area contributed by atoms with Crippen LogP contribution in [0.2, 0.25) is 0 Å². The van der Waals surface area contributed by atoms with Gasteiger partial charge in [-0.25, -0.2) is 9.97 Å². The van der Waals surface area contributed by atoms with E-state index in [4.69, 9.17) is 4.74 Å². The Kier molecular flexibility index (Phi) is 7.67. The Morgan fingerprint density at radius 2 is 1.87 bits per heavy atom. The average Bonchev–Trinajstić information content (AvgIpc) is 2.45. The van der Waals surface area contributed by atoms with Crippen LogP contribution in [0.5, 0.6) is 0 Å². The van der Waals surface area contributed by atoms with E-state index in [0.29, 0.717) is 43.9 Å². The lowest BCUT2D eigenvalue weighted by atomic mass is 10.1. The summed E-state index contributed by atoms with van der Waals surface area (Å²) < 4.78 is 4.96. The predicted octanol–water partition coefficient (Wildman–Crippen LogP) is 2.56. The van der Waals surface area contributed by atoms with Gasteiger partial charge >= 0.3 is 5.69 Å². The lowest BCUT2D eigenvalue weighted by Crippen LogP contribution is -2.33. The standard InChI is InChI=1S/C15H27N5O3/c1-11(2)8-19(9-12(3)4)15-13(20(21)22)14(17-10-18-15)16-6-7-23-5/h10-12H,6-9H2,1-5H3,(H,16,17,18). The van der Waals surface area contributed by atoms with Gasteiger partial charge in [-0.3, -0.25) is 10.1 Å². The first-order chi connectivity index (χ1) is 10.9. The van der Waals surface area contributed by atoms with E-state index in [1.807, 2.05) is 4.90 Å². The summed E-state index contributed by atoms with van der Waals surface area (Å²) in [6.45, 7) is 10.6. The normalized spacial score (nSPS) is 11.1. The molecule has 1 heterocycles. The molecule has 0 aliphatic heterocycles. The van der Waals surface area contributed by atoms with Gasteiger partial charge in [0, 0.05) is 26.7 Å². The second kappa shape index (κ2) is 9.24. The molecule has 0 aliphatic carbocycles. The SMILES string of the molecule is COCCNc1ncnc(N(CC(C)C)CC(C)C)c1[N+](=O)[O-]. The highest BCUT2D eigenvalue weighted by molar-refractivity contribution is 5.70. The minimum atomic E-state index is -0.419. The molecular formula is C15H27N5O3. The third-order valence-electron chi connectivity index (χ3n) is 3.05. The van der Waals surface area contributed by atoms with Crippen molar-refractivity contribution in [1.82, 2.24) is 9.97 Å². The molecule has 0 saturated heterocycles. The summed E-state index contributed by atoms with van der Waals surface area (Å²) in [6.07, 6.45) is 1.37. The number of nitrogens with one attached hydrogen (secondary N) is 1. The van der Waals surface area contributed by atoms with Crippen molar-refractivity contribution in [2.45, 2.75) is 27.7 Å². The fourth-order valence-corrected chi connectivity index (χ4v) is 2.30. The molecule has 0 spiro atoms. The Hall–Kier alpha value is -1.96. The van der Waals surface area contributed by atoms with Gasteiger partial charge in [0.15, 0.2) is 0 Å². The molecule has 8 heteroatoms. The molecule has 0 fully saturated rings. The molecule has 23 heavy (non-hydrogen) atoms. The highest BCUT2D eigenvalue weighted by atomic mass is 16.6. The number of hydrogen-bond acceptors (Lipinski definition) is 7. The number of rotatable bonds is 10. The van der Waals surface area contributed by atoms with Crippen LogP contribution in [-0.2, 0) is 4.74 Å². The average molecular weight is 325 g/mol. The zero-order valence-electron chi connectivity index (χ0n) is 14.6. The van der Waals surface area contributed by atoms with Crippen LogP contribution in [-0.4, -0.2) is 48.2 Å². The fraction of sp³-hybridized carbons (Fsp3) is 0.733. The largest absolute Gasteiger partial charge is 0.383 e. The van der Waals surface area contributed by atoms with E-state index >= 15 is 0 Å². The van der Waals surface area contributed by atoms with Crippen LogP contribution in [0.1, 0.15) is 27.7 Å². The van der Waals surface area contributed by atoms with E-state index in [2.05, 4.69) is 43.0 Å². The molecule has 0 aromatic carbocycles. The van der Waals surface area contributed by atoms with Crippen LogP contribution in [0.25, 0.3) is 0 Å². The van der Waals surface area contributed by atoms with E-state index in [1.165, 1.54) is 6.33 Å². The van der Waals surface area contributed by atoms with Crippen LogP contribution < -0.4 is 10.2 Å². The molecule has 0 unspecified atom stereocenters. The van der Waals surface area contributed by atoms with Crippen molar-refractivity contribution >= 4 is 17.3 Å². The van der Waals surface area contributed by atoms with Gasteiger partial charge in [0.25, 0.3) is 0 Å². The number of aromatic nitrogens is 2. The summed E-state index contributed by atoms with van der Waals surface area (Å²) in [4.78, 5) is 21.4. The Balaban J connectivity index is 3.19. The molecule has 1 aromatic heterocycles. The summed E-state index contributed by atoms with van der Waals surface area (Å²) in [6, 6.07) is 0. The summed E-state index contributed by atoms with van der Waals surface area (Å²) >= 11 is 0. The van der Waals surface area contributed by atoms with Gasteiger partial charge < -0.3 is 15.0 Å². The van der Waals surface area contributed by atoms with Gasteiger partial charge in [-0.2, -0.15) is 0 Å². The van der Waals surface area contributed by atoms with Crippen LogP contribution in [0.15, 0.2) is 6.33 Å². The molecule has 0 amide bonds. The Bertz CT molecular complexity index is 498. The zero-order chi connectivity index (χ0) is 17.4. The molecule has 1 N–H and O–H groups in total. The van der Waals surface area contributed by atoms with E-state index in [9.17, 15) is 10.1 Å². The minimum Gasteiger partial charge on any atom is -0.383 e. The van der Waals surface area contributed by atoms with E-state index in [1.54, 1.807) is 7.11 Å². The zero-order valence-corrected chi connectivity index (χ0v) is 14.6. The second-order valence-electron chi connectivity index (χ2n) is 6.26. The maximum absolute atomic E-state index is 11.6. The molecule has 1 aromatic rings. The second-order valence-corrected chi connectivity index (χ2v) is 6.26. The number of nitrogens with zero attached hydrogens (tertiary/aromatic N) is 4. The Labute approximate surface area is 137 Å². The van der Waals surface area contributed by atoms with Gasteiger partial charge in [0.2, 0.25) is 11.6 Å². The maximum atomic E-state index is 11.6. The molecule has 1 rings (SSSR count). The van der Waals surface area contributed by atoms with Crippen LogP contribution in [0, 0.1) is 22.0 Å². The Morgan fingerprint density at radius 1 is 1.26 bits per heavy atom. The number of ether oxygens (including phenoxy) is 1. The first-order valence-corrected chi connectivity index (χ1v) is 7.83. The van der Waals surface area contributed by atoms with Crippen LogP contribution >= 0.6 is 0 Å². The van der Waals surface area contributed by atoms with Crippen molar-refractivity contribution in [2.75, 3.05) is 43.6 Å². The monoisotopic (exact) mass is 325 g/mol. The van der Waals surface area contributed by atoms with Crippen molar-refractivity contribution in [2.24, 2.45) is 11.8 Å². The summed E-state index contributed by atoms with van der Waals surface area (Å²) in [5.41, 5.74) is -0.0788. The predicted molar refractivity (Wildman–Crippen MR) is 90.9 cm³/mol. The molecular weight excluding hydrogens is 298 g/mol. The molecule has 0 aliphatic rings. The molecule has 0 saturated carbocycles. The van der Waals surface area contributed by atoms with E-state index in [-0.39, 0.29) is 11.5 Å². The number of anilines is 2. The van der Waals surface area contributed by atoms with Gasteiger partial charge in [0.05, 0.1) is 11.5 Å². The van der Waals surface area contributed by atoms with Gasteiger partial charge in [-0.1, -0.05) is 27.7 Å². The van der Waals surface area contributed by atoms with Crippen molar-refractivity contribution in [1.29, 1.82) is 0 Å². The molecule has 0 radical (unpaired) electrons. The lowest BCUT2D eigenvalue weighted by molar-refractivity contribution is -0.383. The number of hydrogen-bond donors (Lipinski definition) is 1. The van der Waals surface area contributed by atoms with Crippen molar-refractivity contribution in [3.05, 3.63) is 16.4 Å². The van der Waals surface area contributed by atoms with E-state index in [0.717, 1.165) is 0 Å². The highest BCUT2D eigenvalue weighted by Gasteiger charge is 2.27. The third-order valence-corrected chi connectivity index (χ3v) is 3.05. The lowest BCUT2D eigenvalue weighted by Gasteiger charge is -2.27. The Morgan fingerprint density at radius 3 is 2.35 bits per heavy atom. The van der Waals surface area contributed by atoms with Gasteiger partial charge in [0.1, 0.15) is 6.33 Å². The highest BCUT2D eigenvalue weighted by Crippen LogP contribution is 2.32. The van der Waals surface area contributed by atoms with Crippen LogP contribution in [0.4, 0.5) is 17.3 Å². The van der Waals surface area contributed by atoms with Crippen molar-refractivity contribution in [3.63, 3.8) is 0 Å². The van der Waals surface area contributed by atoms with Gasteiger partial charge in [-0.05, 0) is 11.8 Å². The van der Waals surface area contributed by atoms with Crippen molar-refractivity contribution in [3.8, 4) is 0 Å². The third kappa shape index (κ3) is 5.97. The molecule has 0 atom stereocenters. The minimum absolute atomic E-state index is 0.0788. The topological polar surface area (TPSA) is 93.4 Å². The summed E-state index contributed by atoms with van der Waals surface area (Å²) in [5, 5.41) is 14.5. The smallest absolute Gasteiger partial charge is 0.353 e. The van der Waals surface area contributed by atoms with Crippen molar-refractivity contribution < 1.29 is 9.66 Å². The summed E-state index contributed by atoms with van der Waals surface area (Å²) in [5.74, 6) is 1.34. The van der Waals surface area contributed by atoms with E-state index < -0.39 is 4.92 Å². The summed E-state index contributed by atoms with van der Waals surface area (Å²) in [7, 11) is 1.58. The number of methoxy groups -OCH3 is 1. The number of nitro groups is 1. The first kappa shape index (κ1) is 19.1. The molecule has 0 bridgehead atoms. The molecule has 130 valence electrons. The first-order valence-electron chi connectivity index (χ1n) is 7.83. The fourth-order valence-electron chi connectivity index (χ4n) is 2.30.